The van der Waals surface area contributed by atoms with Crippen LogP contribution in [0.15, 0.2) is 121 Å². The number of benzene rings is 6. The predicted octanol–water partition coefficient (Wildman–Crippen LogP) is 10.7. The Labute approximate surface area is 238 Å². The lowest BCUT2D eigenvalue weighted by atomic mass is 9.97. The van der Waals surface area contributed by atoms with E-state index in [4.69, 9.17) is 9.47 Å². The first-order valence-corrected chi connectivity index (χ1v) is 13.8. The zero-order chi connectivity index (χ0) is 28.5. The Morgan fingerprint density at radius 1 is 0.425 bits per heavy atom. The van der Waals surface area contributed by atoms with Crippen LogP contribution in [0.5, 0.6) is 11.5 Å². The van der Waals surface area contributed by atoms with Crippen LogP contribution in [-0.4, -0.2) is 14.2 Å². The van der Waals surface area contributed by atoms with E-state index in [1.165, 1.54) is 54.9 Å². The minimum Gasteiger partial charge on any atom is -0.497 e. The van der Waals surface area contributed by atoms with Crippen LogP contribution in [0.2, 0.25) is 0 Å². The number of aryl methyl sites for hydroxylation is 2. The third-order valence-corrected chi connectivity index (χ3v) is 6.87. The Morgan fingerprint density at radius 2 is 0.925 bits per heavy atom. The third-order valence-electron chi connectivity index (χ3n) is 6.87. The molecular formula is C38H38O2. The Hall–Kier alpha value is -4.56. The van der Waals surface area contributed by atoms with E-state index in [0.717, 1.165) is 11.5 Å². The fourth-order valence-corrected chi connectivity index (χ4v) is 4.83. The Morgan fingerprint density at radius 3 is 1.43 bits per heavy atom. The fraction of sp³-hybridized carbons (Fsp3) is 0.158. The average molecular weight is 527 g/mol. The molecule has 0 saturated carbocycles. The first kappa shape index (κ1) is 28.4. The monoisotopic (exact) mass is 526 g/mol. The highest BCUT2D eigenvalue weighted by Gasteiger charge is 2.06. The molecule has 0 aromatic heterocycles. The van der Waals surface area contributed by atoms with Crippen molar-refractivity contribution in [2.75, 3.05) is 14.2 Å². The van der Waals surface area contributed by atoms with Gasteiger partial charge in [0.25, 0.3) is 0 Å². The second kappa shape index (κ2) is 13.5. The van der Waals surface area contributed by atoms with Gasteiger partial charge >= 0.3 is 0 Å². The second-order valence-electron chi connectivity index (χ2n) is 9.52. The van der Waals surface area contributed by atoms with E-state index >= 15 is 0 Å². The smallest absolute Gasteiger partial charge is 0.119 e. The van der Waals surface area contributed by atoms with Gasteiger partial charge in [0.1, 0.15) is 11.5 Å². The Balaban J connectivity index is 0.000000174. The molecule has 2 heteroatoms. The van der Waals surface area contributed by atoms with Crippen molar-refractivity contribution in [1.82, 2.24) is 0 Å². The minimum atomic E-state index is 0.897. The topological polar surface area (TPSA) is 18.5 Å². The van der Waals surface area contributed by atoms with Gasteiger partial charge < -0.3 is 9.47 Å². The highest BCUT2D eigenvalue weighted by Crippen LogP contribution is 2.32. The van der Waals surface area contributed by atoms with Crippen molar-refractivity contribution in [1.29, 1.82) is 0 Å². The number of ether oxygens (including phenoxy) is 2. The lowest BCUT2D eigenvalue weighted by Gasteiger charge is -2.09. The summed E-state index contributed by atoms with van der Waals surface area (Å²) in [5.74, 6) is 1.79. The molecule has 0 aliphatic heterocycles. The quantitative estimate of drug-likeness (QED) is 0.227. The first-order chi connectivity index (χ1) is 19.6. The van der Waals surface area contributed by atoms with E-state index < -0.39 is 0 Å². The molecule has 6 aromatic rings. The van der Waals surface area contributed by atoms with Gasteiger partial charge in [-0.05, 0) is 81.9 Å². The molecule has 0 aliphatic rings. The van der Waals surface area contributed by atoms with Gasteiger partial charge in [0.05, 0.1) is 14.2 Å². The molecule has 6 aromatic carbocycles. The third kappa shape index (κ3) is 6.52. The molecule has 6 rings (SSSR count). The van der Waals surface area contributed by atoms with E-state index in [2.05, 4.69) is 123 Å². The van der Waals surface area contributed by atoms with E-state index in [1.54, 1.807) is 14.2 Å². The van der Waals surface area contributed by atoms with Crippen LogP contribution >= 0.6 is 0 Å². The average Bonchev–Trinajstić information content (AvgIpc) is 3.01. The van der Waals surface area contributed by atoms with Crippen molar-refractivity contribution in [3.05, 3.63) is 132 Å². The molecule has 0 bridgehead atoms. The van der Waals surface area contributed by atoms with E-state index in [0.29, 0.717) is 0 Å². The number of hydrogen-bond donors (Lipinski definition) is 0. The molecule has 0 fully saturated rings. The van der Waals surface area contributed by atoms with Gasteiger partial charge in [0, 0.05) is 0 Å². The summed E-state index contributed by atoms with van der Waals surface area (Å²) >= 11 is 0. The molecule has 0 saturated heterocycles. The SMILES string of the molecule is CC.COc1ccc2c(-c3ccc(C)cc3)cccc2c1.COc1ccc2c(-c3cccc(C)c3)cccc2c1. The van der Waals surface area contributed by atoms with Crippen molar-refractivity contribution in [2.24, 2.45) is 0 Å². The minimum absolute atomic E-state index is 0.897. The van der Waals surface area contributed by atoms with Crippen molar-refractivity contribution in [2.45, 2.75) is 27.7 Å². The van der Waals surface area contributed by atoms with Crippen molar-refractivity contribution >= 4 is 21.5 Å². The molecule has 0 N–H and O–H groups in total. The summed E-state index contributed by atoms with van der Waals surface area (Å²) < 4.78 is 10.6. The maximum Gasteiger partial charge on any atom is 0.119 e. The number of fused-ring (bicyclic) bond motifs is 2. The molecule has 0 aliphatic carbocycles. The van der Waals surface area contributed by atoms with Gasteiger partial charge in [-0.1, -0.05) is 122 Å². The number of methoxy groups -OCH3 is 2. The predicted molar refractivity (Wildman–Crippen MR) is 173 cm³/mol. The standard InChI is InChI=1S/2C18H16O.C2H6/c1-13-5-3-6-14(11-13)17-8-4-7-15-12-16(19-2)9-10-18(15)17;1-13-6-8-14(9-7-13)17-5-3-4-15-12-16(19-2)10-11-18(15)17;1-2/h2*3-12H,1-2H3;1-2H3. The van der Waals surface area contributed by atoms with Crippen LogP contribution in [-0.2, 0) is 0 Å². The molecule has 2 nitrogen and oxygen atoms in total. The lowest BCUT2D eigenvalue weighted by molar-refractivity contribution is 0.415. The number of rotatable bonds is 4. The highest BCUT2D eigenvalue weighted by atomic mass is 16.5. The summed E-state index contributed by atoms with van der Waals surface area (Å²) in [7, 11) is 3.40. The summed E-state index contributed by atoms with van der Waals surface area (Å²) in [6.07, 6.45) is 0. The zero-order valence-corrected chi connectivity index (χ0v) is 24.4. The zero-order valence-electron chi connectivity index (χ0n) is 24.4. The molecule has 0 heterocycles. The van der Waals surface area contributed by atoms with Crippen LogP contribution in [0.1, 0.15) is 25.0 Å². The molecule has 0 amide bonds. The fourth-order valence-electron chi connectivity index (χ4n) is 4.83. The lowest BCUT2D eigenvalue weighted by Crippen LogP contribution is -1.85. The van der Waals surface area contributed by atoms with Gasteiger partial charge in [-0.25, -0.2) is 0 Å². The van der Waals surface area contributed by atoms with Gasteiger partial charge in [-0.2, -0.15) is 0 Å². The number of hydrogen-bond acceptors (Lipinski definition) is 2. The second-order valence-corrected chi connectivity index (χ2v) is 9.52. The maximum absolute atomic E-state index is 5.29. The Kier molecular flexibility index (Phi) is 9.59. The molecule has 0 spiro atoms. The van der Waals surface area contributed by atoms with Crippen molar-refractivity contribution < 1.29 is 9.47 Å². The maximum atomic E-state index is 5.29. The van der Waals surface area contributed by atoms with Crippen LogP contribution in [0.4, 0.5) is 0 Å². The van der Waals surface area contributed by atoms with E-state index in [9.17, 15) is 0 Å². The molecular weight excluding hydrogens is 488 g/mol. The summed E-state index contributed by atoms with van der Waals surface area (Å²) in [5.41, 5.74) is 7.61. The van der Waals surface area contributed by atoms with Crippen molar-refractivity contribution in [3.8, 4) is 33.8 Å². The summed E-state index contributed by atoms with van der Waals surface area (Å²) in [4.78, 5) is 0. The van der Waals surface area contributed by atoms with Gasteiger partial charge in [0.2, 0.25) is 0 Å². The molecule has 40 heavy (non-hydrogen) atoms. The van der Waals surface area contributed by atoms with Gasteiger partial charge in [-0.15, -0.1) is 0 Å². The van der Waals surface area contributed by atoms with E-state index in [-0.39, 0.29) is 0 Å². The molecule has 0 atom stereocenters. The highest BCUT2D eigenvalue weighted by molar-refractivity contribution is 5.98. The van der Waals surface area contributed by atoms with Gasteiger partial charge in [0.15, 0.2) is 0 Å². The largest absolute Gasteiger partial charge is 0.497 e. The molecule has 0 radical (unpaired) electrons. The van der Waals surface area contributed by atoms with Crippen LogP contribution in [0, 0.1) is 13.8 Å². The Bertz CT molecular complexity index is 1700. The normalized spacial score (nSPS) is 10.2. The van der Waals surface area contributed by atoms with Crippen LogP contribution < -0.4 is 9.47 Å². The summed E-state index contributed by atoms with van der Waals surface area (Å²) in [5, 5.41) is 4.93. The van der Waals surface area contributed by atoms with Crippen LogP contribution in [0.25, 0.3) is 43.8 Å². The first-order valence-electron chi connectivity index (χ1n) is 13.8. The van der Waals surface area contributed by atoms with Gasteiger partial charge in [-0.3, -0.25) is 0 Å². The summed E-state index contributed by atoms with van der Waals surface area (Å²) in [6.45, 7) is 8.23. The summed E-state index contributed by atoms with van der Waals surface area (Å²) in [6, 6.07) is 42.5. The van der Waals surface area contributed by atoms with Crippen molar-refractivity contribution in [3.63, 3.8) is 0 Å². The van der Waals surface area contributed by atoms with Crippen LogP contribution in [0.3, 0.4) is 0 Å². The molecule has 0 unspecified atom stereocenters. The molecule has 202 valence electrons. The van der Waals surface area contributed by atoms with E-state index in [1.807, 2.05) is 26.0 Å².